The molecule has 2 heterocycles. The molecule has 0 amide bonds. The minimum atomic E-state index is -3.49. The van der Waals surface area contributed by atoms with Crippen LogP contribution >= 0.6 is 0 Å². The first-order valence-electron chi connectivity index (χ1n) is 8.15. The molecule has 0 spiro atoms. The summed E-state index contributed by atoms with van der Waals surface area (Å²) in [5, 5.41) is 8.87. The summed E-state index contributed by atoms with van der Waals surface area (Å²) in [6.07, 6.45) is 3.21. The number of nitrogens with zero attached hydrogens (tertiary/aromatic N) is 3. The van der Waals surface area contributed by atoms with Crippen molar-refractivity contribution in [2.24, 2.45) is 0 Å². The third-order valence-corrected chi connectivity index (χ3v) is 5.91. The normalized spacial score (nSPS) is 15.4. The molecule has 25 heavy (non-hydrogen) atoms. The lowest BCUT2D eigenvalue weighted by atomic mass is 10.1. The highest BCUT2D eigenvalue weighted by Gasteiger charge is 2.38. The second-order valence-electron chi connectivity index (χ2n) is 5.95. The zero-order valence-corrected chi connectivity index (χ0v) is 14.7. The Morgan fingerprint density at radius 3 is 2.64 bits per heavy atom. The Balaban J connectivity index is 1.61. The molecule has 1 aromatic heterocycles. The highest BCUT2D eigenvalue weighted by molar-refractivity contribution is 7.89. The van der Waals surface area contributed by atoms with Crippen LogP contribution in [0.2, 0.25) is 0 Å². The largest absolute Gasteiger partial charge is 0.471 e. The Bertz CT molecular complexity index is 883. The van der Waals surface area contributed by atoms with Gasteiger partial charge in [-0.05, 0) is 30.2 Å². The van der Waals surface area contributed by atoms with E-state index in [1.54, 1.807) is 24.3 Å². The van der Waals surface area contributed by atoms with Crippen LogP contribution in [0, 0.1) is 11.3 Å². The number of benzene rings is 1. The number of pyridine rings is 1. The summed E-state index contributed by atoms with van der Waals surface area (Å²) in [5.41, 5.74) is 1.59. The van der Waals surface area contributed by atoms with Gasteiger partial charge in [-0.25, -0.2) is 13.4 Å². The quantitative estimate of drug-likeness (QED) is 0.792. The number of nitriles is 1. The van der Waals surface area contributed by atoms with E-state index >= 15 is 0 Å². The Labute approximate surface area is 147 Å². The first-order chi connectivity index (χ1) is 12.0. The summed E-state index contributed by atoms with van der Waals surface area (Å²) >= 11 is 0. The maximum atomic E-state index is 12.6. The number of rotatable bonds is 6. The van der Waals surface area contributed by atoms with Crippen molar-refractivity contribution in [3.05, 3.63) is 53.7 Å². The van der Waals surface area contributed by atoms with Crippen LogP contribution in [-0.4, -0.2) is 36.9 Å². The summed E-state index contributed by atoms with van der Waals surface area (Å²) in [6.45, 7) is 2.64. The van der Waals surface area contributed by atoms with Crippen LogP contribution in [0.5, 0.6) is 5.88 Å². The lowest BCUT2D eigenvalue weighted by Gasteiger charge is -2.37. The van der Waals surface area contributed by atoms with Crippen LogP contribution in [0.1, 0.15) is 24.5 Å². The van der Waals surface area contributed by atoms with Crippen LogP contribution in [-0.2, 0) is 16.4 Å². The fourth-order valence-electron chi connectivity index (χ4n) is 2.65. The van der Waals surface area contributed by atoms with Crippen molar-refractivity contribution < 1.29 is 13.2 Å². The number of hydrogen-bond acceptors (Lipinski definition) is 5. The predicted molar refractivity (Wildman–Crippen MR) is 92.6 cm³/mol. The molecule has 0 bridgehead atoms. The molecule has 1 saturated heterocycles. The smallest absolute Gasteiger partial charge is 0.243 e. The molecule has 130 valence electrons. The van der Waals surface area contributed by atoms with Gasteiger partial charge in [-0.1, -0.05) is 25.5 Å². The molecule has 2 aromatic rings. The molecule has 6 nitrogen and oxygen atoms in total. The van der Waals surface area contributed by atoms with Crippen LogP contribution < -0.4 is 4.74 Å². The third kappa shape index (κ3) is 3.81. The van der Waals surface area contributed by atoms with Crippen molar-refractivity contribution in [3.63, 3.8) is 0 Å². The van der Waals surface area contributed by atoms with Gasteiger partial charge in [0.1, 0.15) is 6.10 Å². The number of aromatic nitrogens is 1. The summed E-state index contributed by atoms with van der Waals surface area (Å²) in [4.78, 5) is 4.34. The van der Waals surface area contributed by atoms with Gasteiger partial charge in [0.2, 0.25) is 15.9 Å². The summed E-state index contributed by atoms with van der Waals surface area (Å²) in [7, 11) is -3.49. The average Bonchev–Trinajstić information content (AvgIpc) is 2.58. The molecule has 3 rings (SSSR count). The van der Waals surface area contributed by atoms with Gasteiger partial charge in [-0.3, -0.25) is 0 Å². The van der Waals surface area contributed by atoms with Crippen molar-refractivity contribution in [2.45, 2.75) is 30.8 Å². The minimum Gasteiger partial charge on any atom is -0.471 e. The standard InChI is InChI=1S/C18H19N3O3S/c1-2-3-14-4-6-17(7-5-14)25(22,23)21-12-16(13-21)24-18-10-15(11-19)8-9-20-18/h4-10,16H,2-3,12-13H2,1H3. The van der Waals surface area contributed by atoms with Crippen LogP contribution in [0.3, 0.4) is 0 Å². The van der Waals surface area contributed by atoms with Gasteiger partial charge in [0, 0.05) is 12.3 Å². The van der Waals surface area contributed by atoms with E-state index in [9.17, 15) is 8.42 Å². The second-order valence-corrected chi connectivity index (χ2v) is 7.89. The molecule has 0 N–H and O–H groups in total. The fourth-order valence-corrected chi connectivity index (χ4v) is 4.15. The first-order valence-corrected chi connectivity index (χ1v) is 9.59. The van der Waals surface area contributed by atoms with E-state index in [1.807, 2.05) is 18.2 Å². The average molecular weight is 357 g/mol. The fraction of sp³-hybridized carbons (Fsp3) is 0.333. The molecule has 1 aromatic carbocycles. The molecule has 0 radical (unpaired) electrons. The molecule has 0 atom stereocenters. The summed E-state index contributed by atoms with van der Waals surface area (Å²) < 4.78 is 32.2. The molecule has 1 aliphatic heterocycles. The number of sulfonamides is 1. The number of aryl methyl sites for hydroxylation is 1. The topological polar surface area (TPSA) is 83.3 Å². The van der Waals surface area contributed by atoms with E-state index in [1.165, 1.54) is 10.5 Å². The summed E-state index contributed by atoms with van der Waals surface area (Å²) in [6, 6.07) is 12.2. The lowest BCUT2D eigenvalue weighted by molar-refractivity contribution is 0.0720. The van der Waals surface area contributed by atoms with E-state index < -0.39 is 10.0 Å². The molecule has 1 fully saturated rings. The molecular formula is C18H19N3O3S. The van der Waals surface area contributed by atoms with E-state index in [-0.39, 0.29) is 19.2 Å². The van der Waals surface area contributed by atoms with Crippen molar-refractivity contribution in [2.75, 3.05) is 13.1 Å². The molecule has 0 unspecified atom stereocenters. The van der Waals surface area contributed by atoms with E-state index in [0.717, 1.165) is 18.4 Å². The predicted octanol–water partition coefficient (Wildman–Crippen LogP) is 2.36. The van der Waals surface area contributed by atoms with Crippen molar-refractivity contribution in [1.29, 1.82) is 5.26 Å². The van der Waals surface area contributed by atoms with Gasteiger partial charge in [0.25, 0.3) is 0 Å². The van der Waals surface area contributed by atoms with E-state index in [4.69, 9.17) is 10.00 Å². The van der Waals surface area contributed by atoms with Crippen molar-refractivity contribution >= 4 is 10.0 Å². The maximum absolute atomic E-state index is 12.6. The Hall–Kier alpha value is -2.43. The zero-order valence-electron chi connectivity index (χ0n) is 13.9. The van der Waals surface area contributed by atoms with E-state index in [0.29, 0.717) is 16.3 Å². The van der Waals surface area contributed by atoms with Crippen LogP contribution in [0.15, 0.2) is 47.5 Å². The Kier molecular flexibility index (Phi) is 5.02. The van der Waals surface area contributed by atoms with Gasteiger partial charge < -0.3 is 4.74 Å². The van der Waals surface area contributed by atoms with Gasteiger partial charge in [0.15, 0.2) is 0 Å². The molecule has 0 saturated carbocycles. The van der Waals surface area contributed by atoms with Gasteiger partial charge >= 0.3 is 0 Å². The minimum absolute atomic E-state index is 0.254. The highest BCUT2D eigenvalue weighted by atomic mass is 32.2. The Morgan fingerprint density at radius 2 is 2.00 bits per heavy atom. The lowest BCUT2D eigenvalue weighted by Crippen LogP contribution is -2.56. The molecular weight excluding hydrogens is 338 g/mol. The van der Waals surface area contributed by atoms with Crippen LogP contribution in [0.25, 0.3) is 0 Å². The van der Waals surface area contributed by atoms with E-state index in [2.05, 4.69) is 11.9 Å². The summed E-state index contributed by atoms with van der Waals surface area (Å²) in [5.74, 6) is 0.338. The molecule has 0 aliphatic carbocycles. The van der Waals surface area contributed by atoms with Gasteiger partial charge in [0.05, 0.1) is 29.6 Å². The second kappa shape index (κ2) is 7.21. The zero-order chi connectivity index (χ0) is 17.9. The number of ether oxygens (including phenoxy) is 1. The van der Waals surface area contributed by atoms with Crippen molar-refractivity contribution in [1.82, 2.24) is 9.29 Å². The first kappa shape index (κ1) is 17.4. The number of hydrogen-bond donors (Lipinski definition) is 0. The van der Waals surface area contributed by atoms with Crippen molar-refractivity contribution in [3.8, 4) is 11.9 Å². The van der Waals surface area contributed by atoms with Crippen LogP contribution in [0.4, 0.5) is 0 Å². The van der Waals surface area contributed by atoms with Gasteiger partial charge in [-0.15, -0.1) is 0 Å². The maximum Gasteiger partial charge on any atom is 0.243 e. The van der Waals surface area contributed by atoms with Gasteiger partial charge in [-0.2, -0.15) is 9.57 Å². The molecule has 7 heteroatoms. The monoisotopic (exact) mass is 357 g/mol. The third-order valence-electron chi connectivity index (χ3n) is 4.07. The highest BCUT2D eigenvalue weighted by Crippen LogP contribution is 2.24. The molecule has 1 aliphatic rings. The Morgan fingerprint density at radius 1 is 1.28 bits per heavy atom. The SMILES string of the molecule is CCCc1ccc(S(=O)(=O)N2CC(Oc3cc(C#N)ccn3)C2)cc1.